The third-order valence-corrected chi connectivity index (χ3v) is 10.2. The molecule has 0 unspecified atom stereocenters. The van der Waals surface area contributed by atoms with Crippen LogP contribution in [0.4, 0.5) is 0 Å². The van der Waals surface area contributed by atoms with Crippen LogP contribution in [0.2, 0.25) is 0 Å². The summed E-state index contributed by atoms with van der Waals surface area (Å²) in [7, 11) is 0. The Hall–Kier alpha value is 0.600. The number of alkyl halides is 1. The van der Waals surface area contributed by atoms with Crippen molar-refractivity contribution in [1.29, 1.82) is 0 Å². The van der Waals surface area contributed by atoms with E-state index in [1.165, 1.54) is 4.43 Å². The van der Waals surface area contributed by atoms with Crippen molar-refractivity contribution in [1.82, 2.24) is 13.2 Å². The van der Waals surface area contributed by atoms with Gasteiger partial charge in [0, 0.05) is 0 Å². The Morgan fingerprint density at radius 3 is 2.90 bits per heavy atom. The minimum atomic E-state index is -0.966. The van der Waals surface area contributed by atoms with Gasteiger partial charge in [-0.15, -0.1) is 0 Å². The van der Waals surface area contributed by atoms with Gasteiger partial charge in [0.2, 0.25) is 0 Å². The molecule has 0 fully saturated rings. The van der Waals surface area contributed by atoms with Crippen molar-refractivity contribution in [3.63, 3.8) is 0 Å². The molecule has 1 aromatic heterocycles. The van der Waals surface area contributed by atoms with E-state index in [4.69, 9.17) is 0 Å². The molecule has 0 aliphatic rings. The van der Waals surface area contributed by atoms with Crippen molar-refractivity contribution in [2.45, 2.75) is 13.8 Å². The van der Waals surface area contributed by atoms with Crippen LogP contribution < -0.4 is 0 Å². The Morgan fingerprint density at radius 2 is 2.50 bits per heavy atom. The standard InChI is InChI=1S/C5H9I2N3/c1-3-7(6)10-4-5(2)8-9-10/h4H,3H2,1-2H3. The predicted octanol–water partition coefficient (Wildman–Crippen LogP) is 2.23. The summed E-state index contributed by atoms with van der Waals surface area (Å²) in [6.45, 7) is 4.17. The van der Waals surface area contributed by atoms with Crippen molar-refractivity contribution >= 4 is 34.7 Å². The Balaban J connectivity index is 2.74. The van der Waals surface area contributed by atoms with Crippen LogP contribution in [0.3, 0.4) is 0 Å². The van der Waals surface area contributed by atoms with Gasteiger partial charge in [0.05, 0.1) is 0 Å². The maximum atomic E-state index is 4.02. The van der Waals surface area contributed by atoms with E-state index in [0.29, 0.717) is 0 Å². The first-order chi connectivity index (χ1) is 4.74. The molecule has 0 N–H and O–H groups in total. The quantitative estimate of drug-likeness (QED) is 0.595. The maximum absolute atomic E-state index is 4.02. The van der Waals surface area contributed by atoms with Crippen molar-refractivity contribution in [2.24, 2.45) is 0 Å². The van der Waals surface area contributed by atoms with Gasteiger partial charge in [-0.25, -0.2) is 0 Å². The Labute approximate surface area is 77.5 Å². The zero-order valence-electron chi connectivity index (χ0n) is 5.88. The SMILES string of the molecule is CCI(I)n1cc(C)nn1. The Bertz CT molecular complexity index is 210. The van der Waals surface area contributed by atoms with Crippen molar-refractivity contribution in [2.75, 3.05) is 4.43 Å². The fraction of sp³-hybridized carbons (Fsp3) is 0.600. The molecule has 0 saturated carbocycles. The fourth-order valence-electron chi connectivity index (χ4n) is 0.531. The monoisotopic (exact) mass is 365 g/mol. The van der Waals surface area contributed by atoms with E-state index in [0.717, 1.165) is 5.69 Å². The first-order valence-electron chi connectivity index (χ1n) is 2.96. The van der Waals surface area contributed by atoms with Crippen LogP contribution in [0.25, 0.3) is 0 Å². The van der Waals surface area contributed by atoms with E-state index in [1.807, 2.05) is 16.0 Å². The average molecular weight is 365 g/mol. The molecule has 10 heavy (non-hydrogen) atoms. The van der Waals surface area contributed by atoms with Crippen molar-refractivity contribution < 1.29 is 0 Å². The van der Waals surface area contributed by atoms with Crippen LogP contribution in [-0.2, 0) is 0 Å². The molecule has 58 valence electrons. The summed E-state index contributed by atoms with van der Waals surface area (Å²) >= 11 is 1.54. The molecular weight excluding hydrogens is 356 g/mol. The zero-order chi connectivity index (χ0) is 7.56. The van der Waals surface area contributed by atoms with Crippen molar-refractivity contribution in [3.8, 4) is 0 Å². The molecule has 0 atom stereocenters. The molecule has 0 aliphatic carbocycles. The van der Waals surface area contributed by atoms with Crippen LogP contribution >= 0.6 is 34.7 Å². The first-order valence-corrected chi connectivity index (χ1v) is 11.7. The molecular formula is C5H9I2N3. The second-order valence-electron chi connectivity index (χ2n) is 1.80. The molecule has 1 rings (SSSR count). The van der Waals surface area contributed by atoms with Gasteiger partial charge in [0.15, 0.2) is 0 Å². The summed E-state index contributed by atoms with van der Waals surface area (Å²) in [5, 5.41) is 7.95. The summed E-state index contributed by atoms with van der Waals surface area (Å²) in [6, 6.07) is 0. The molecule has 3 nitrogen and oxygen atoms in total. The first kappa shape index (κ1) is 8.69. The second kappa shape index (κ2) is 3.84. The average Bonchev–Trinajstić information content (AvgIpc) is 2.34. The van der Waals surface area contributed by atoms with E-state index in [2.05, 4.69) is 35.9 Å². The van der Waals surface area contributed by atoms with Gasteiger partial charge in [-0.1, -0.05) is 0 Å². The van der Waals surface area contributed by atoms with Crippen LogP contribution in [0, 0.1) is 6.92 Å². The summed E-state index contributed by atoms with van der Waals surface area (Å²) in [5.74, 6) is 0. The summed E-state index contributed by atoms with van der Waals surface area (Å²) < 4.78 is 3.28. The summed E-state index contributed by atoms with van der Waals surface area (Å²) in [6.07, 6.45) is 2.03. The van der Waals surface area contributed by atoms with Gasteiger partial charge in [0.1, 0.15) is 0 Å². The summed E-state index contributed by atoms with van der Waals surface area (Å²) in [5.41, 5.74) is 1.02. The van der Waals surface area contributed by atoms with E-state index >= 15 is 0 Å². The van der Waals surface area contributed by atoms with E-state index in [9.17, 15) is 0 Å². The molecule has 5 heteroatoms. The van der Waals surface area contributed by atoms with Crippen LogP contribution in [0.1, 0.15) is 12.6 Å². The molecule has 0 aliphatic heterocycles. The number of aromatic nitrogens is 3. The third-order valence-electron chi connectivity index (χ3n) is 0.990. The fourth-order valence-corrected chi connectivity index (χ4v) is 3.44. The van der Waals surface area contributed by atoms with Gasteiger partial charge in [-0.2, -0.15) is 0 Å². The van der Waals surface area contributed by atoms with E-state index in [-0.39, 0.29) is 0 Å². The molecule has 0 saturated heterocycles. The van der Waals surface area contributed by atoms with Gasteiger partial charge >= 0.3 is 78.1 Å². The number of aryl methyl sites for hydroxylation is 1. The van der Waals surface area contributed by atoms with E-state index < -0.39 is 16.1 Å². The normalized spacial score (nSPS) is 11.7. The third kappa shape index (κ3) is 2.04. The molecule has 0 amide bonds. The van der Waals surface area contributed by atoms with E-state index in [1.54, 1.807) is 0 Å². The van der Waals surface area contributed by atoms with Crippen molar-refractivity contribution in [3.05, 3.63) is 11.9 Å². The number of hydrogen-bond acceptors (Lipinski definition) is 2. The number of halogens is 2. The molecule has 1 aromatic rings. The van der Waals surface area contributed by atoms with Gasteiger partial charge in [-0.3, -0.25) is 0 Å². The second-order valence-corrected chi connectivity index (χ2v) is 12.3. The van der Waals surface area contributed by atoms with Gasteiger partial charge in [0.25, 0.3) is 0 Å². The van der Waals surface area contributed by atoms with Crippen LogP contribution in [-0.4, -0.2) is 17.6 Å². The van der Waals surface area contributed by atoms with Crippen LogP contribution in [0.5, 0.6) is 0 Å². The van der Waals surface area contributed by atoms with Crippen LogP contribution in [0.15, 0.2) is 6.20 Å². The Kier molecular flexibility index (Phi) is 3.34. The molecule has 1 heterocycles. The molecule has 0 aromatic carbocycles. The molecule has 0 radical (unpaired) electrons. The Morgan fingerprint density at radius 1 is 1.80 bits per heavy atom. The topological polar surface area (TPSA) is 30.7 Å². The summed E-state index contributed by atoms with van der Waals surface area (Å²) in [4.78, 5) is 0. The minimum absolute atomic E-state index is 0.966. The van der Waals surface area contributed by atoms with Gasteiger partial charge < -0.3 is 0 Å². The molecule has 0 spiro atoms. The molecule has 0 bridgehead atoms. The zero-order valence-corrected chi connectivity index (χ0v) is 10.2. The van der Waals surface area contributed by atoms with Gasteiger partial charge in [-0.05, 0) is 0 Å². The number of rotatable bonds is 2. The number of nitrogens with zero attached hydrogens (tertiary/aromatic N) is 3. The number of hydrogen-bond donors (Lipinski definition) is 0. The predicted molar refractivity (Wildman–Crippen MR) is 58.7 cm³/mol.